The van der Waals surface area contributed by atoms with Crippen LogP contribution in [0.1, 0.15) is 23.2 Å². The lowest BCUT2D eigenvalue weighted by Gasteiger charge is -2.14. The Kier molecular flexibility index (Phi) is 4.11. The molecule has 0 radical (unpaired) electrons. The second-order valence-electron chi connectivity index (χ2n) is 4.65. The van der Waals surface area contributed by atoms with E-state index in [-0.39, 0.29) is 0 Å². The molecule has 2 aromatic rings. The van der Waals surface area contributed by atoms with E-state index in [2.05, 4.69) is 43.1 Å². The van der Waals surface area contributed by atoms with E-state index >= 15 is 0 Å². The van der Waals surface area contributed by atoms with Crippen LogP contribution < -0.4 is 5.73 Å². The summed E-state index contributed by atoms with van der Waals surface area (Å²) in [7, 11) is 0. The molecule has 2 nitrogen and oxygen atoms in total. The zero-order valence-corrected chi connectivity index (χ0v) is 11.1. The van der Waals surface area contributed by atoms with Crippen LogP contribution in [0.15, 0.2) is 36.5 Å². The topological polar surface area (TPSA) is 38.9 Å². The van der Waals surface area contributed by atoms with Crippen molar-refractivity contribution in [3.63, 3.8) is 0 Å². The van der Waals surface area contributed by atoms with E-state index in [0.29, 0.717) is 6.54 Å². The molecule has 1 heterocycles. The van der Waals surface area contributed by atoms with Crippen LogP contribution in [0.4, 0.5) is 0 Å². The molecule has 0 spiro atoms. The summed E-state index contributed by atoms with van der Waals surface area (Å²) in [5.74, 6) is 0. The maximum atomic E-state index is 5.61. The van der Waals surface area contributed by atoms with Crippen LogP contribution in [0.25, 0.3) is 11.1 Å². The third kappa shape index (κ3) is 2.59. The van der Waals surface area contributed by atoms with Gasteiger partial charge in [-0.05, 0) is 49.9 Å². The average molecular weight is 240 g/mol. The van der Waals surface area contributed by atoms with Crippen molar-refractivity contribution >= 4 is 0 Å². The SMILES string of the molecule is Cc1cnc(CCCN)c(-c2ccccc2)c1C. The molecule has 0 unspecified atom stereocenters. The summed E-state index contributed by atoms with van der Waals surface area (Å²) in [6.45, 7) is 5.00. The first-order chi connectivity index (χ1) is 8.74. The predicted octanol–water partition coefficient (Wildman–Crippen LogP) is 3.26. The summed E-state index contributed by atoms with van der Waals surface area (Å²) in [6.07, 6.45) is 3.89. The van der Waals surface area contributed by atoms with Gasteiger partial charge in [-0.3, -0.25) is 4.98 Å². The van der Waals surface area contributed by atoms with Crippen LogP contribution in [0.2, 0.25) is 0 Å². The molecule has 0 fully saturated rings. The molecule has 18 heavy (non-hydrogen) atoms. The molecule has 2 rings (SSSR count). The van der Waals surface area contributed by atoms with Gasteiger partial charge in [0.1, 0.15) is 0 Å². The molecule has 0 aliphatic rings. The Hall–Kier alpha value is -1.67. The lowest BCUT2D eigenvalue weighted by atomic mass is 9.94. The van der Waals surface area contributed by atoms with E-state index in [9.17, 15) is 0 Å². The Labute approximate surface area is 109 Å². The summed E-state index contributed by atoms with van der Waals surface area (Å²) in [6, 6.07) is 10.5. The number of aromatic nitrogens is 1. The van der Waals surface area contributed by atoms with Gasteiger partial charge in [0.25, 0.3) is 0 Å². The molecule has 0 bridgehead atoms. The predicted molar refractivity (Wildman–Crippen MR) is 76.5 cm³/mol. The van der Waals surface area contributed by atoms with E-state index in [4.69, 9.17) is 5.73 Å². The molecule has 94 valence electrons. The monoisotopic (exact) mass is 240 g/mol. The number of nitrogens with zero attached hydrogens (tertiary/aromatic N) is 1. The third-order valence-corrected chi connectivity index (χ3v) is 3.35. The fourth-order valence-corrected chi connectivity index (χ4v) is 2.20. The molecule has 1 aromatic heterocycles. The first kappa shape index (κ1) is 12.8. The van der Waals surface area contributed by atoms with Gasteiger partial charge in [-0.25, -0.2) is 0 Å². The summed E-state index contributed by atoms with van der Waals surface area (Å²) in [5, 5.41) is 0. The molecular weight excluding hydrogens is 220 g/mol. The minimum Gasteiger partial charge on any atom is -0.330 e. The van der Waals surface area contributed by atoms with E-state index in [1.54, 1.807) is 0 Å². The molecule has 0 aliphatic carbocycles. The van der Waals surface area contributed by atoms with Gasteiger partial charge in [0, 0.05) is 17.5 Å². The van der Waals surface area contributed by atoms with Gasteiger partial charge in [-0.15, -0.1) is 0 Å². The lowest BCUT2D eigenvalue weighted by molar-refractivity contribution is 0.810. The van der Waals surface area contributed by atoms with Crippen LogP contribution in [-0.4, -0.2) is 11.5 Å². The second-order valence-corrected chi connectivity index (χ2v) is 4.65. The number of rotatable bonds is 4. The van der Waals surface area contributed by atoms with Gasteiger partial charge in [0.05, 0.1) is 0 Å². The largest absolute Gasteiger partial charge is 0.330 e. The minimum atomic E-state index is 0.711. The van der Waals surface area contributed by atoms with Gasteiger partial charge in [-0.1, -0.05) is 30.3 Å². The van der Waals surface area contributed by atoms with Crippen molar-refractivity contribution in [2.45, 2.75) is 26.7 Å². The first-order valence-corrected chi connectivity index (χ1v) is 6.44. The molecule has 2 heteroatoms. The standard InChI is InChI=1S/C16H20N2/c1-12-11-18-15(9-6-10-17)16(13(12)2)14-7-4-3-5-8-14/h3-5,7-8,11H,6,9-10,17H2,1-2H3. The van der Waals surface area contributed by atoms with Crippen molar-refractivity contribution in [1.29, 1.82) is 0 Å². The highest BCUT2D eigenvalue weighted by molar-refractivity contribution is 5.70. The van der Waals surface area contributed by atoms with Crippen molar-refractivity contribution in [2.75, 3.05) is 6.54 Å². The quantitative estimate of drug-likeness (QED) is 0.891. The maximum absolute atomic E-state index is 5.61. The number of aryl methyl sites for hydroxylation is 2. The lowest BCUT2D eigenvalue weighted by Crippen LogP contribution is -2.04. The van der Waals surface area contributed by atoms with Crippen molar-refractivity contribution in [3.05, 3.63) is 53.3 Å². The Morgan fingerprint density at radius 2 is 1.83 bits per heavy atom. The summed E-state index contributed by atoms with van der Waals surface area (Å²) < 4.78 is 0. The Morgan fingerprint density at radius 1 is 1.11 bits per heavy atom. The summed E-state index contributed by atoms with van der Waals surface area (Å²) in [5.41, 5.74) is 11.9. The van der Waals surface area contributed by atoms with Crippen LogP contribution in [0.5, 0.6) is 0 Å². The van der Waals surface area contributed by atoms with Crippen molar-refractivity contribution < 1.29 is 0 Å². The molecule has 0 atom stereocenters. The van der Waals surface area contributed by atoms with Crippen LogP contribution in [0.3, 0.4) is 0 Å². The molecule has 0 saturated heterocycles. The van der Waals surface area contributed by atoms with E-state index in [1.807, 2.05) is 12.3 Å². The molecule has 1 aromatic carbocycles. The molecular formula is C16H20N2. The molecule has 0 aliphatic heterocycles. The smallest absolute Gasteiger partial charge is 0.0485 e. The van der Waals surface area contributed by atoms with Crippen molar-refractivity contribution in [1.82, 2.24) is 4.98 Å². The van der Waals surface area contributed by atoms with Gasteiger partial charge in [0.2, 0.25) is 0 Å². The fourth-order valence-electron chi connectivity index (χ4n) is 2.20. The number of hydrogen-bond donors (Lipinski definition) is 1. The van der Waals surface area contributed by atoms with Crippen LogP contribution in [0, 0.1) is 13.8 Å². The zero-order chi connectivity index (χ0) is 13.0. The highest BCUT2D eigenvalue weighted by Crippen LogP contribution is 2.28. The highest BCUT2D eigenvalue weighted by Gasteiger charge is 2.11. The first-order valence-electron chi connectivity index (χ1n) is 6.44. The number of nitrogens with two attached hydrogens (primary N) is 1. The Balaban J connectivity index is 2.52. The van der Waals surface area contributed by atoms with Gasteiger partial charge in [-0.2, -0.15) is 0 Å². The molecule has 0 saturated carbocycles. The Morgan fingerprint density at radius 3 is 2.50 bits per heavy atom. The minimum absolute atomic E-state index is 0.711. The van der Waals surface area contributed by atoms with Crippen molar-refractivity contribution in [3.8, 4) is 11.1 Å². The van der Waals surface area contributed by atoms with Gasteiger partial charge < -0.3 is 5.73 Å². The number of hydrogen-bond acceptors (Lipinski definition) is 2. The second kappa shape index (κ2) is 5.78. The van der Waals surface area contributed by atoms with E-state index in [1.165, 1.54) is 22.3 Å². The highest BCUT2D eigenvalue weighted by atomic mass is 14.7. The fraction of sp³-hybridized carbons (Fsp3) is 0.312. The van der Waals surface area contributed by atoms with Crippen LogP contribution >= 0.6 is 0 Å². The van der Waals surface area contributed by atoms with E-state index in [0.717, 1.165) is 18.5 Å². The Bertz CT molecular complexity index is 518. The molecule has 0 amide bonds. The summed E-state index contributed by atoms with van der Waals surface area (Å²) in [4.78, 5) is 4.60. The normalized spacial score (nSPS) is 10.6. The van der Waals surface area contributed by atoms with Crippen molar-refractivity contribution in [2.24, 2.45) is 5.73 Å². The van der Waals surface area contributed by atoms with Gasteiger partial charge >= 0.3 is 0 Å². The zero-order valence-electron chi connectivity index (χ0n) is 11.1. The number of pyridine rings is 1. The third-order valence-electron chi connectivity index (χ3n) is 3.35. The maximum Gasteiger partial charge on any atom is 0.0485 e. The summed E-state index contributed by atoms with van der Waals surface area (Å²) >= 11 is 0. The van der Waals surface area contributed by atoms with Crippen LogP contribution in [-0.2, 0) is 6.42 Å². The average Bonchev–Trinajstić information content (AvgIpc) is 2.41. The van der Waals surface area contributed by atoms with E-state index < -0.39 is 0 Å². The number of benzene rings is 1. The van der Waals surface area contributed by atoms with Gasteiger partial charge in [0.15, 0.2) is 0 Å². The molecule has 2 N–H and O–H groups in total.